The van der Waals surface area contributed by atoms with Crippen LogP contribution >= 0.6 is 0 Å². The zero-order chi connectivity index (χ0) is 2.00. The first-order valence-corrected chi connectivity index (χ1v) is 0.500. The van der Waals surface area contributed by atoms with Gasteiger partial charge in [-0.25, -0.2) is 0 Å². The van der Waals surface area contributed by atoms with E-state index in [-0.39, 0.29) is 22.1 Å². The molecule has 0 heterocycles. The molecule has 0 aliphatic heterocycles. The van der Waals surface area contributed by atoms with E-state index in [1.807, 2.05) is 0 Å². The Morgan fingerprint density at radius 1 is 1.00 bits per heavy atom. The third-order valence-corrected chi connectivity index (χ3v) is 0. The van der Waals surface area contributed by atoms with Gasteiger partial charge < -0.3 is 0 Å². The fourth-order valence-corrected chi connectivity index (χ4v) is 0. The summed E-state index contributed by atoms with van der Waals surface area (Å²) >= 11 is 0. The number of hydrogen-bond acceptors (Lipinski definition) is 0. The van der Waals surface area contributed by atoms with E-state index < -0.39 is 0 Å². The highest BCUT2D eigenvalue weighted by atomic mass is 27.0. The lowest BCUT2D eigenvalue weighted by Gasteiger charge is -0.813. The summed E-state index contributed by atoms with van der Waals surface area (Å²) in [5.41, 5.74) is 0. The number of hydrogen-bond donors (Lipinski definition) is 0. The summed E-state index contributed by atoms with van der Waals surface area (Å²) < 4.78 is 0. The van der Waals surface area contributed by atoms with Gasteiger partial charge in [0.15, 0.2) is 17.4 Å². The molecule has 26 valence electrons. The Kier molecular flexibility index (Phi) is 2820. The molecule has 0 nitrogen and oxygen atoms in total. The lowest BCUT2D eigenvalue weighted by atomic mass is 11.3. The van der Waals surface area contributed by atoms with Crippen molar-refractivity contribution in [2.45, 2.75) is 0 Å². The lowest BCUT2D eigenvalue weighted by Crippen LogP contribution is -0.552. The van der Waals surface area contributed by atoms with Crippen LogP contribution in [0.1, 0.15) is 0 Å². The van der Waals surface area contributed by atoms with E-state index in [0.717, 1.165) is 0 Å². The van der Waals surface area contributed by atoms with Crippen molar-refractivity contribution in [2.24, 2.45) is 0 Å². The molecule has 0 fully saturated rings. The van der Waals surface area contributed by atoms with Gasteiger partial charge in [0.2, 0.25) is 0 Å². The largest absolute Gasteiger partial charge is 0.269 e. The molecule has 0 rings (SSSR count). The predicted molar refractivity (Wildman–Crippen MR) is 23.7 cm³/mol. The molecule has 0 aliphatic carbocycles. The first kappa shape index (κ1) is 29.8. The second-order valence-electron chi connectivity index (χ2n) is 0. The smallest absolute Gasteiger partial charge is 0.187 e. The van der Waals surface area contributed by atoms with Crippen LogP contribution in [0.15, 0.2) is 13.2 Å². The second-order valence-corrected chi connectivity index (χ2v) is 0. The highest BCUT2D eigenvalue weighted by Crippen LogP contribution is 0.862. The Labute approximate surface area is 36.0 Å². The summed E-state index contributed by atoms with van der Waals surface area (Å²) in [6.07, 6.45) is 0. The zero-order valence-electron chi connectivity index (χ0n) is 1.82. The molecule has 0 spiro atoms. The Bertz CT molecular complexity index is 6.00. The summed E-state index contributed by atoms with van der Waals surface area (Å²) in [7, 11) is 0. The Hall–Kier alpha value is 0.202. The molecule has 0 N–H and O–H groups in total. The minimum absolute atomic E-state index is 0. The van der Waals surface area contributed by atoms with E-state index in [1.54, 1.807) is 0 Å². The number of rotatable bonds is 0. The maximum atomic E-state index is 3.00. The van der Waals surface area contributed by atoms with Crippen molar-refractivity contribution in [2.75, 3.05) is 0 Å². The highest BCUT2D eigenvalue weighted by molar-refractivity contribution is 5.75. The quantitative estimate of drug-likeness (QED) is 0.277. The fourth-order valence-electron chi connectivity index (χ4n) is 0. The first-order chi connectivity index (χ1) is 1.00. The molecule has 0 atom stereocenters. The molecular formula is C2H8AlF. The summed E-state index contributed by atoms with van der Waals surface area (Å²) in [5, 5.41) is 0. The Morgan fingerprint density at radius 2 is 1.00 bits per heavy atom. The van der Waals surface area contributed by atoms with Gasteiger partial charge in [-0.05, 0) is 0 Å². The second kappa shape index (κ2) is 379. The van der Waals surface area contributed by atoms with E-state index in [0.29, 0.717) is 0 Å². The summed E-state index contributed by atoms with van der Waals surface area (Å²) in [4.78, 5) is 0. The molecule has 4 heavy (non-hydrogen) atoms. The zero-order valence-corrected chi connectivity index (χ0v) is 1.82. The van der Waals surface area contributed by atoms with Crippen LogP contribution in [0.3, 0.4) is 0 Å². The number of halogens is 1. The van der Waals surface area contributed by atoms with Gasteiger partial charge in [0.25, 0.3) is 0 Å². The van der Waals surface area contributed by atoms with Crippen molar-refractivity contribution >= 4 is 17.4 Å². The monoisotopic (exact) mass is 78.0 g/mol. The van der Waals surface area contributed by atoms with Crippen LogP contribution in [-0.4, -0.2) is 17.4 Å². The van der Waals surface area contributed by atoms with Gasteiger partial charge in [-0.3, -0.25) is 4.70 Å². The van der Waals surface area contributed by atoms with Gasteiger partial charge in [-0.2, -0.15) is 0 Å². The van der Waals surface area contributed by atoms with Gasteiger partial charge in [0.1, 0.15) is 0 Å². The van der Waals surface area contributed by atoms with Gasteiger partial charge in [-0.15, -0.1) is 13.2 Å². The molecule has 0 unspecified atom stereocenters. The van der Waals surface area contributed by atoms with Crippen LogP contribution in [0, 0.1) is 0 Å². The van der Waals surface area contributed by atoms with E-state index in [2.05, 4.69) is 13.2 Å². The minimum Gasteiger partial charge on any atom is -0.269 e. The summed E-state index contributed by atoms with van der Waals surface area (Å²) in [6.45, 7) is 6.00. The van der Waals surface area contributed by atoms with Crippen LogP contribution < -0.4 is 0 Å². The van der Waals surface area contributed by atoms with Crippen molar-refractivity contribution in [3.05, 3.63) is 13.2 Å². The molecule has 0 bridgehead atoms. The van der Waals surface area contributed by atoms with Crippen molar-refractivity contribution in [1.82, 2.24) is 0 Å². The van der Waals surface area contributed by atoms with Crippen molar-refractivity contribution in [3.63, 3.8) is 0 Å². The van der Waals surface area contributed by atoms with Gasteiger partial charge >= 0.3 is 0 Å². The van der Waals surface area contributed by atoms with E-state index in [9.17, 15) is 0 Å². The molecular weight excluding hydrogens is 70.0 g/mol. The van der Waals surface area contributed by atoms with E-state index in [1.165, 1.54) is 0 Å². The molecule has 2 heteroatoms. The molecule has 0 aromatic carbocycles. The standard InChI is InChI=1S/C2H4.Al.FH.3H/c1-2;;;;;/h1-2H2;;1H;;;. The average Bonchev–Trinajstić information content (AvgIpc) is 1.00. The van der Waals surface area contributed by atoms with Crippen molar-refractivity contribution < 1.29 is 4.70 Å². The van der Waals surface area contributed by atoms with Crippen LogP contribution in [0.2, 0.25) is 0 Å². The molecule has 0 aliphatic rings. The molecule has 0 saturated carbocycles. The van der Waals surface area contributed by atoms with E-state index >= 15 is 0 Å². The van der Waals surface area contributed by atoms with Crippen molar-refractivity contribution in [1.29, 1.82) is 0 Å². The van der Waals surface area contributed by atoms with E-state index in [4.69, 9.17) is 0 Å². The third kappa shape index (κ3) is 77.7. The fraction of sp³-hybridized carbons (Fsp3) is 0. The molecule has 0 aromatic heterocycles. The average molecular weight is 78.1 g/mol. The normalized spacial score (nSPS) is 1.00. The minimum atomic E-state index is 0. The van der Waals surface area contributed by atoms with Crippen LogP contribution in [0.25, 0.3) is 0 Å². The SMILES string of the molecule is C=C.F.[AlH3]. The summed E-state index contributed by atoms with van der Waals surface area (Å²) in [5.74, 6) is 0. The first-order valence-electron chi connectivity index (χ1n) is 0.500. The van der Waals surface area contributed by atoms with Crippen LogP contribution in [0.4, 0.5) is 4.70 Å². The maximum absolute atomic E-state index is 3.00. The predicted octanol–water partition coefficient (Wildman–Crippen LogP) is -0.229. The molecule has 0 aromatic rings. The molecule has 0 radical (unpaired) electrons. The van der Waals surface area contributed by atoms with Crippen LogP contribution in [0.5, 0.6) is 0 Å². The topological polar surface area (TPSA) is 0 Å². The van der Waals surface area contributed by atoms with Crippen LogP contribution in [-0.2, 0) is 0 Å². The Balaban J connectivity index is -0.00000000500. The maximum Gasteiger partial charge on any atom is 0.187 e. The van der Waals surface area contributed by atoms with Gasteiger partial charge in [-0.1, -0.05) is 0 Å². The molecule has 0 amide bonds. The summed E-state index contributed by atoms with van der Waals surface area (Å²) in [6, 6.07) is 0. The lowest BCUT2D eigenvalue weighted by molar-refractivity contribution is 1.11. The third-order valence-electron chi connectivity index (χ3n) is 0. The molecule has 0 saturated heterocycles. The highest BCUT2D eigenvalue weighted by Gasteiger charge is 0.601. The van der Waals surface area contributed by atoms with Crippen molar-refractivity contribution in [3.8, 4) is 0 Å². The van der Waals surface area contributed by atoms with Gasteiger partial charge in [0, 0.05) is 0 Å². The Morgan fingerprint density at radius 3 is 1.00 bits per heavy atom. The van der Waals surface area contributed by atoms with Gasteiger partial charge in [0.05, 0.1) is 0 Å².